The maximum absolute atomic E-state index is 11.4. The normalized spacial score (nSPS) is 17.9. The summed E-state index contributed by atoms with van der Waals surface area (Å²) in [5, 5.41) is 0.944. The fraction of sp³-hybridized carbons (Fsp3) is 0.353. The first-order chi connectivity index (χ1) is 11.2. The number of benzene rings is 1. The molecule has 1 amide bonds. The number of primary amides is 1. The van der Waals surface area contributed by atoms with Gasteiger partial charge < -0.3 is 10.6 Å². The Morgan fingerprint density at radius 1 is 1.30 bits per heavy atom. The molecule has 1 saturated heterocycles. The van der Waals surface area contributed by atoms with Crippen LogP contribution in [0, 0.1) is 5.92 Å². The summed E-state index contributed by atoms with van der Waals surface area (Å²) in [6.45, 7) is 1.55. The summed E-state index contributed by atoms with van der Waals surface area (Å²) in [7, 11) is 0. The zero-order valence-electron chi connectivity index (χ0n) is 12.9. The fourth-order valence-corrected chi connectivity index (χ4v) is 3.55. The summed E-state index contributed by atoms with van der Waals surface area (Å²) >= 11 is 1.69. The van der Waals surface area contributed by atoms with E-state index in [-0.39, 0.29) is 11.8 Å². The minimum atomic E-state index is -0.220. The second kappa shape index (κ2) is 7.46. The maximum atomic E-state index is 11.4. The first-order valence-corrected chi connectivity index (χ1v) is 8.74. The van der Waals surface area contributed by atoms with Crippen LogP contribution in [0.4, 0.5) is 5.82 Å². The summed E-state index contributed by atoms with van der Waals surface area (Å²) in [5.41, 5.74) is 6.72. The fourth-order valence-electron chi connectivity index (χ4n) is 2.73. The van der Waals surface area contributed by atoms with E-state index in [2.05, 4.69) is 27.0 Å². The summed E-state index contributed by atoms with van der Waals surface area (Å²) in [4.78, 5) is 22.2. The van der Waals surface area contributed by atoms with Gasteiger partial charge in [0.2, 0.25) is 5.91 Å². The number of nitrogens with zero attached hydrogens (tertiary/aromatic N) is 3. The zero-order chi connectivity index (χ0) is 16.1. The van der Waals surface area contributed by atoms with Crippen LogP contribution in [0.15, 0.2) is 47.8 Å². The van der Waals surface area contributed by atoms with Crippen molar-refractivity contribution in [2.24, 2.45) is 11.7 Å². The number of piperidine rings is 1. The van der Waals surface area contributed by atoms with Crippen LogP contribution in [0.2, 0.25) is 0 Å². The molecule has 0 spiro atoms. The molecular weight excluding hydrogens is 308 g/mol. The second-order valence-electron chi connectivity index (χ2n) is 5.68. The summed E-state index contributed by atoms with van der Waals surface area (Å²) < 4.78 is 0. The van der Waals surface area contributed by atoms with Crippen molar-refractivity contribution in [1.82, 2.24) is 9.97 Å². The van der Waals surface area contributed by atoms with Gasteiger partial charge in [-0.25, -0.2) is 9.97 Å². The van der Waals surface area contributed by atoms with E-state index in [0.717, 1.165) is 36.0 Å². The van der Waals surface area contributed by atoms with Gasteiger partial charge in [0.15, 0.2) is 0 Å². The molecule has 2 aromatic rings. The molecular formula is C17H20N4OS. The highest BCUT2D eigenvalue weighted by molar-refractivity contribution is 7.98. The smallest absolute Gasteiger partial charge is 0.222 e. The number of hydrogen-bond acceptors (Lipinski definition) is 5. The quantitative estimate of drug-likeness (QED) is 0.674. The van der Waals surface area contributed by atoms with E-state index >= 15 is 0 Å². The van der Waals surface area contributed by atoms with Crippen LogP contribution in [-0.4, -0.2) is 29.0 Å². The Morgan fingerprint density at radius 2 is 2.13 bits per heavy atom. The topological polar surface area (TPSA) is 72.1 Å². The van der Waals surface area contributed by atoms with E-state index < -0.39 is 0 Å². The van der Waals surface area contributed by atoms with Gasteiger partial charge in [-0.1, -0.05) is 30.3 Å². The van der Waals surface area contributed by atoms with E-state index in [0.29, 0.717) is 6.54 Å². The molecule has 1 aromatic heterocycles. The van der Waals surface area contributed by atoms with Gasteiger partial charge in [0.05, 0.1) is 5.92 Å². The summed E-state index contributed by atoms with van der Waals surface area (Å²) in [6.07, 6.45) is 3.42. The predicted octanol–water partition coefficient (Wildman–Crippen LogP) is 2.47. The molecule has 1 atom stereocenters. The first-order valence-electron chi connectivity index (χ1n) is 7.75. The highest BCUT2D eigenvalue weighted by Gasteiger charge is 2.24. The molecule has 0 bridgehead atoms. The molecule has 2 N–H and O–H groups in total. The molecule has 120 valence electrons. The lowest BCUT2D eigenvalue weighted by Crippen LogP contribution is -2.41. The van der Waals surface area contributed by atoms with E-state index in [1.165, 1.54) is 5.56 Å². The molecule has 2 heterocycles. The van der Waals surface area contributed by atoms with Crippen molar-refractivity contribution in [2.75, 3.05) is 18.0 Å². The lowest BCUT2D eigenvalue weighted by molar-refractivity contribution is -0.122. The number of amides is 1. The van der Waals surface area contributed by atoms with Crippen molar-refractivity contribution >= 4 is 23.5 Å². The Balaban J connectivity index is 1.66. The van der Waals surface area contributed by atoms with E-state index in [9.17, 15) is 4.79 Å². The Kier molecular flexibility index (Phi) is 5.12. The first kappa shape index (κ1) is 15.8. The van der Waals surface area contributed by atoms with Crippen LogP contribution in [0.5, 0.6) is 0 Å². The van der Waals surface area contributed by atoms with Gasteiger partial charge in [0, 0.05) is 24.9 Å². The van der Waals surface area contributed by atoms with Crippen LogP contribution < -0.4 is 10.6 Å². The Labute approximate surface area is 140 Å². The SMILES string of the molecule is NC(=O)C1CCCN(c2cc(SCc3ccccc3)ncn2)C1. The molecule has 1 fully saturated rings. The molecule has 1 unspecified atom stereocenters. The van der Waals surface area contributed by atoms with E-state index in [1.54, 1.807) is 18.1 Å². The molecule has 5 nitrogen and oxygen atoms in total. The Hall–Kier alpha value is -2.08. The monoisotopic (exact) mass is 328 g/mol. The van der Waals surface area contributed by atoms with Crippen LogP contribution in [0.25, 0.3) is 0 Å². The van der Waals surface area contributed by atoms with Gasteiger partial charge in [-0.2, -0.15) is 0 Å². The number of nitrogens with two attached hydrogens (primary N) is 1. The van der Waals surface area contributed by atoms with Gasteiger partial charge in [0.1, 0.15) is 17.2 Å². The van der Waals surface area contributed by atoms with Crippen LogP contribution in [-0.2, 0) is 10.5 Å². The zero-order valence-corrected chi connectivity index (χ0v) is 13.7. The maximum Gasteiger partial charge on any atom is 0.222 e. The number of rotatable bonds is 5. The molecule has 1 aliphatic rings. The van der Waals surface area contributed by atoms with Gasteiger partial charge >= 0.3 is 0 Å². The third-order valence-corrected chi connectivity index (χ3v) is 5.00. The van der Waals surface area contributed by atoms with Crippen LogP contribution in [0.1, 0.15) is 18.4 Å². The van der Waals surface area contributed by atoms with Crippen molar-refractivity contribution in [3.8, 4) is 0 Å². The molecule has 1 aromatic carbocycles. The minimum absolute atomic E-state index is 0.0841. The summed E-state index contributed by atoms with van der Waals surface area (Å²) in [6, 6.07) is 12.3. The van der Waals surface area contributed by atoms with Crippen molar-refractivity contribution < 1.29 is 4.79 Å². The number of thioether (sulfide) groups is 1. The average molecular weight is 328 g/mol. The number of hydrogen-bond donors (Lipinski definition) is 1. The van der Waals surface area contributed by atoms with E-state index in [1.807, 2.05) is 24.3 Å². The second-order valence-corrected chi connectivity index (χ2v) is 6.67. The van der Waals surface area contributed by atoms with Crippen molar-refractivity contribution in [1.29, 1.82) is 0 Å². The third-order valence-electron chi connectivity index (χ3n) is 4.00. The highest BCUT2D eigenvalue weighted by Crippen LogP contribution is 2.26. The van der Waals surface area contributed by atoms with E-state index in [4.69, 9.17) is 5.73 Å². The lowest BCUT2D eigenvalue weighted by Gasteiger charge is -2.32. The van der Waals surface area contributed by atoms with Crippen molar-refractivity contribution in [2.45, 2.75) is 23.6 Å². The number of aromatic nitrogens is 2. The molecule has 0 aliphatic carbocycles. The molecule has 3 rings (SSSR count). The third kappa shape index (κ3) is 4.22. The van der Waals surface area contributed by atoms with Crippen molar-refractivity contribution in [3.63, 3.8) is 0 Å². The van der Waals surface area contributed by atoms with Gasteiger partial charge in [-0.3, -0.25) is 4.79 Å². The molecule has 23 heavy (non-hydrogen) atoms. The predicted molar refractivity (Wildman–Crippen MR) is 92.2 cm³/mol. The molecule has 0 saturated carbocycles. The summed E-state index contributed by atoms with van der Waals surface area (Å²) in [5.74, 6) is 1.45. The average Bonchev–Trinajstić information content (AvgIpc) is 2.61. The Morgan fingerprint density at radius 3 is 2.91 bits per heavy atom. The molecule has 0 radical (unpaired) electrons. The van der Waals surface area contributed by atoms with Gasteiger partial charge in [0.25, 0.3) is 0 Å². The minimum Gasteiger partial charge on any atom is -0.369 e. The van der Waals surface area contributed by atoms with Crippen LogP contribution >= 0.6 is 11.8 Å². The number of anilines is 1. The number of carbonyl (C=O) groups excluding carboxylic acids is 1. The Bertz CT molecular complexity index is 665. The van der Waals surface area contributed by atoms with Crippen molar-refractivity contribution in [3.05, 3.63) is 48.3 Å². The number of carbonyl (C=O) groups is 1. The largest absolute Gasteiger partial charge is 0.369 e. The molecule has 1 aliphatic heterocycles. The molecule has 6 heteroatoms. The lowest BCUT2D eigenvalue weighted by atomic mass is 9.97. The van der Waals surface area contributed by atoms with Crippen LogP contribution in [0.3, 0.4) is 0 Å². The standard InChI is InChI=1S/C17H20N4OS/c18-17(22)14-7-4-8-21(10-14)15-9-16(20-12-19-15)23-11-13-5-2-1-3-6-13/h1-3,5-6,9,12,14H,4,7-8,10-11H2,(H2,18,22). The highest BCUT2D eigenvalue weighted by atomic mass is 32.2. The van der Waals surface area contributed by atoms with Gasteiger partial charge in [-0.05, 0) is 18.4 Å². The van der Waals surface area contributed by atoms with Gasteiger partial charge in [-0.15, -0.1) is 11.8 Å².